The normalized spacial score (nSPS) is 10.6. The van der Waals surface area contributed by atoms with Crippen molar-refractivity contribution in [3.63, 3.8) is 0 Å². The highest BCUT2D eigenvalue weighted by atomic mass is 35.5. The number of imide groups is 1. The van der Waals surface area contributed by atoms with Crippen LogP contribution in [0, 0.1) is 0 Å². The summed E-state index contributed by atoms with van der Waals surface area (Å²) in [4.78, 5) is 28.2. The zero-order valence-electron chi connectivity index (χ0n) is 15.0. The van der Waals surface area contributed by atoms with E-state index in [2.05, 4.69) is 22.2 Å². The lowest BCUT2D eigenvalue weighted by Crippen LogP contribution is -2.40. The largest absolute Gasteiger partial charge is 0.334 e. The maximum absolute atomic E-state index is 12.1. The fourth-order valence-corrected chi connectivity index (χ4v) is 3.59. The lowest BCUT2D eigenvalue weighted by Gasteiger charge is -2.09. The molecular weight excluding hydrogens is 396 g/mol. The third-order valence-electron chi connectivity index (χ3n) is 3.85. The van der Waals surface area contributed by atoms with Crippen LogP contribution in [-0.4, -0.2) is 33.8 Å². The van der Waals surface area contributed by atoms with Gasteiger partial charge in [0.1, 0.15) is 0 Å². The molecule has 8 heteroatoms. The van der Waals surface area contributed by atoms with Gasteiger partial charge in [-0.25, -0.2) is 9.78 Å². The Hall–Kier alpha value is -2.77. The number of fused-ring (bicyclic) bond motifs is 1. The number of imidazole rings is 1. The Balaban J connectivity index is 1.77. The molecule has 2 N–H and O–H groups in total. The van der Waals surface area contributed by atoms with E-state index in [-0.39, 0.29) is 5.75 Å². The van der Waals surface area contributed by atoms with E-state index in [0.717, 1.165) is 16.6 Å². The molecule has 2 aromatic carbocycles. The van der Waals surface area contributed by atoms with Crippen molar-refractivity contribution in [3.05, 3.63) is 71.8 Å². The molecule has 6 nitrogen and oxygen atoms in total. The highest BCUT2D eigenvalue weighted by Crippen LogP contribution is 2.27. The molecule has 1 heterocycles. The van der Waals surface area contributed by atoms with E-state index < -0.39 is 11.9 Å². The molecule has 1 aromatic heterocycles. The van der Waals surface area contributed by atoms with Gasteiger partial charge >= 0.3 is 6.03 Å². The Morgan fingerprint density at radius 3 is 2.75 bits per heavy atom. The first-order valence-corrected chi connectivity index (χ1v) is 9.94. The standard InChI is InChI=1S/C20H19ClN4O2S/c1-2-10-22-19(27)24-18(26)13-28-20-23-16-11-15(21)8-9-17(16)25(20)12-14-6-4-3-5-7-14/h2-9,11H,1,10,12-13H2,(H2,22,24,26,27). The maximum Gasteiger partial charge on any atom is 0.321 e. The van der Waals surface area contributed by atoms with E-state index in [1.807, 2.05) is 47.0 Å². The van der Waals surface area contributed by atoms with Crippen molar-refractivity contribution in [1.82, 2.24) is 20.2 Å². The molecule has 0 atom stereocenters. The van der Waals surface area contributed by atoms with Crippen molar-refractivity contribution < 1.29 is 9.59 Å². The second-order valence-corrected chi connectivity index (χ2v) is 7.31. The maximum atomic E-state index is 12.1. The zero-order valence-corrected chi connectivity index (χ0v) is 16.6. The van der Waals surface area contributed by atoms with Crippen molar-refractivity contribution in [2.45, 2.75) is 11.7 Å². The van der Waals surface area contributed by atoms with Gasteiger partial charge in [0.15, 0.2) is 5.16 Å². The Labute approximate surface area is 172 Å². The van der Waals surface area contributed by atoms with Crippen LogP contribution in [0.5, 0.6) is 0 Å². The van der Waals surface area contributed by atoms with E-state index >= 15 is 0 Å². The van der Waals surface area contributed by atoms with Crippen LogP contribution in [0.4, 0.5) is 4.79 Å². The Morgan fingerprint density at radius 2 is 2.00 bits per heavy atom. The average Bonchev–Trinajstić information content (AvgIpc) is 3.02. The van der Waals surface area contributed by atoms with Crippen LogP contribution in [0.3, 0.4) is 0 Å². The van der Waals surface area contributed by atoms with Crippen molar-refractivity contribution in [3.8, 4) is 0 Å². The third-order valence-corrected chi connectivity index (χ3v) is 5.06. The first-order chi connectivity index (χ1) is 13.6. The summed E-state index contributed by atoms with van der Waals surface area (Å²) < 4.78 is 2.04. The molecule has 0 saturated heterocycles. The average molecular weight is 415 g/mol. The van der Waals surface area contributed by atoms with Crippen molar-refractivity contribution in [1.29, 1.82) is 0 Å². The van der Waals surface area contributed by atoms with Crippen LogP contribution in [0.2, 0.25) is 5.02 Å². The molecule has 0 saturated carbocycles. The summed E-state index contributed by atoms with van der Waals surface area (Å²) in [6.45, 7) is 4.41. The molecule has 0 aliphatic carbocycles. The predicted octanol–water partition coefficient (Wildman–Crippen LogP) is 3.84. The number of rotatable bonds is 7. The number of carbonyl (C=O) groups is 2. The molecule has 0 spiro atoms. The number of aromatic nitrogens is 2. The zero-order chi connectivity index (χ0) is 19.9. The number of hydrogen-bond donors (Lipinski definition) is 2. The molecule has 144 valence electrons. The van der Waals surface area contributed by atoms with Gasteiger partial charge in [-0.15, -0.1) is 6.58 Å². The van der Waals surface area contributed by atoms with Gasteiger partial charge in [-0.2, -0.15) is 0 Å². The Kier molecular flexibility index (Phi) is 6.73. The van der Waals surface area contributed by atoms with Gasteiger partial charge in [0, 0.05) is 11.6 Å². The summed E-state index contributed by atoms with van der Waals surface area (Å²) >= 11 is 7.36. The van der Waals surface area contributed by atoms with Gasteiger partial charge in [-0.1, -0.05) is 59.8 Å². The molecule has 0 unspecified atom stereocenters. The Morgan fingerprint density at radius 1 is 1.21 bits per heavy atom. The van der Waals surface area contributed by atoms with Crippen LogP contribution in [0.25, 0.3) is 11.0 Å². The van der Waals surface area contributed by atoms with Crippen LogP contribution < -0.4 is 10.6 Å². The van der Waals surface area contributed by atoms with Crippen molar-refractivity contribution in [2.75, 3.05) is 12.3 Å². The minimum Gasteiger partial charge on any atom is -0.334 e. The van der Waals surface area contributed by atoms with Crippen LogP contribution in [0.15, 0.2) is 66.3 Å². The van der Waals surface area contributed by atoms with E-state index in [9.17, 15) is 9.59 Å². The predicted molar refractivity (Wildman–Crippen MR) is 113 cm³/mol. The van der Waals surface area contributed by atoms with Crippen molar-refractivity contribution in [2.24, 2.45) is 0 Å². The molecule has 0 aliphatic heterocycles. The summed E-state index contributed by atoms with van der Waals surface area (Å²) in [5.74, 6) is -0.337. The fraction of sp³-hybridized carbons (Fsp3) is 0.150. The number of amides is 3. The van der Waals surface area contributed by atoms with Gasteiger partial charge < -0.3 is 9.88 Å². The number of halogens is 1. The number of thioether (sulfide) groups is 1. The molecule has 0 aliphatic rings. The first-order valence-electron chi connectivity index (χ1n) is 8.58. The third kappa shape index (κ3) is 5.15. The van der Waals surface area contributed by atoms with Crippen LogP contribution in [-0.2, 0) is 11.3 Å². The molecule has 3 rings (SSSR count). The van der Waals surface area contributed by atoms with E-state index in [4.69, 9.17) is 11.6 Å². The van der Waals surface area contributed by atoms with E-state index in [1.165, 1.54) is 17.8 Å². The SMILES string of the molecule is C=CCNC(=O)NC(=O)CSc1nc2cc(Cl)ccc2n1Cc1ccccc1. The quantitative estimate of drug-likeness (QED) is 0.455. The van der Waals surface area contributed by atoms with Gasteiger partial charge in [0.25, 0.3) is 0 Å². The summed E-state index contributed by atoms with van der Waals surface area (Å²) in [5.41, 5.74) is 2.81. The number of benzene rings is 2. The summed E-state index contributed by atoms with van der Waals surface area (Å²) in [6.07, 6.45) is 1.54. The monoisotopic (exact) mass is 414 g/mol. The molecule has 3 amide bonds. The van der Waals surface area contributed by atoms with Gasteiger partial charge in [0.2, 0.25) is 5.91 Å². The molecular formula is C20H19ClN4O2S. The summed E-state index contributed by atoms with van der Waals surface area (Å²) in [6, 6.07) is 15.0. The van der Waals surface area contributed by atoms with Gasteiger partial charge in [-0.3, -0.25) is 10.1 Å². The van der Waals surface area contributed by atoms with Gasteiger partial charge in [0.05, 0.1) is 23.3 Å². The van der Waals surface area contributed by atoms with E-state index in [1.54, 1.807) is 6.07 Å². The summed E-state index contributed by atoms with van der Waals surface area (Å²) in [5, 5.41) is 6.07. The number of urea groups is 1. The summed E-state index contributed by atoms with van der Waals surface area (Å²) in [7, 11) is 0. The molecule has 0 bridgehead atoms. The number of hydrogen-bond acceptors (Lipinski definition) is 4. The molecule has 0 radical (unpaired) electrons. The highest BCUT2D eigenvalue weighted by molar-refractivity contribution is 7.99. The van der Waals surface area contributed by atoms with Gasteiger partial charge in [-0.05, 0) is 23.8 Å². The molecule has 3 aromatic rings. The Bertz CT molecular complexity index is 1000. The topological polar surface area (TPSA) is 76.0 Å². The smallest absolute Gasteiger partial charge is 0.321 e. The lowest BCUT2D eigenvalue weighted by atomic mass is 10.2. The number of carbonyl (C=O) groups excluding carboxylic acids is 2. The number of nitrogens with one attached hydrogen (secondary N) is 2. The van der Waals surface area contributed by atoms with Crippen molar-refractivity contribution >= 4 is 46.3 Å². The second kappa shape index (κ2) is 9.43. The minimum absolute atomic E-state index is 0.0629. The molecule has 28 heavy (non-hydrogen) atoms. The fourth-order valence-electron chi connectivity index (χ4n) is 2.61. The highest BCUT2D eigenvalue weighted by Gasteiger charge is 2.15. The number of nitrogens with zero attached hydrogens (tertiary/aromatic N) is 2. The lowest BCUT2D eigenvalue weighted by molar-refractivity contribution is -0.117. The van der Waals surface area contributed by atoms with Crippen LogP contribution in [0.1, 0.15) is 5.56 Å². The van der Waals surface area contributed by atoms with Crippen LogP contribution >= 0.6 is 23.4 Å². The second-order valence-electron chi connectivity index (χ2n) is 5.93. The van der Waals surface area contributed by atoms with E-state index in [0.29, 0.717) is 23.3 Å². The minimum atomic E-state index is -0.546. The molecule has 0 fully saturated rings. The first kappa shape index (κ1) is 20.0.